The van der Waals surface area contributed by atoms with Crippen molar-refractivity contribution in [3.63, 3.8) is 0 Å². The summed E-state index contributed by atoms with van der Waals surface area (Å²) >= 11 is 0. The molecule has 92 valence electrons. The molecule has 0 unspecified atom stereocenters. The maximum atomic E-state index is 11.1. The predicted octanol–water partition coefficient (Wildman–Crippen LogP) is 2.54. The van der Waals surface area contributed by atoms with Gasteiger partial charge in [0, 0.05) is 12.1 Å². The van der Waals surface area contributed by atoms with Crippen LogP contribution >= 0.6 is 0 Å². The van der Waals surface area contributed by atoms with Gasteiger partial charge in [0.2, 0.25) is 0 Å². The van der Waals surface area contributed by atoms with Crippen molar-refractivity contribution in [2.45, 2.75) is 32.4 Å². The topological polar surface area (TPSA) is 40.5 Å². The van der Waals surface area contributed by atoms with Crippen molar-refractivity contribution >= 4 is 5.97 Å². The summed E-state index contributed by atoms with van der Waals surface area (Å²) in [5.74, 6) is -0.888. The van der Waals surface area contributed by atoms with Crippen molar-refractivity contribution in [3.8, 4) is 0 Å². The molecule has 0 spiro atoms. The minimum Gasteiger partial charge on any atom is -0.481 e. The highest BCUT2D eigenvalue weighted by molar-refractivity contribution is 5.71. The number of carboxylic acids is 1. The van der Waals surface area contributed by atoms with Crippen molar-refractivity contribution in [1.82, 2.24) is 4.90 Å². The van der Waals surface area contributed by atoms with Gasteiger partial charge in [-0.15, -0.1) is 0 Å². The molecule has 1 saturated heterocycles. The maximum absolute atomic E-state index is 11.1. The first kappa shape index (κ1) is 12.1. The fourth-order valence-electron chi connectivity index (χ4n) is 2.76. The Morgan fingerprint density at radius 3 is 2.59 bits per heavy atom. The highest BCUT2D eigenvalue weighted by Crippen LogP contribution is 2.32. The number of aliphatic carboxylic acids is 1. The zero-order chi connectivity index (χ0) is 12.4. The molecule has 1 aromatic rings. The summed E-state index contributed by atoms with van der Waals surface area (Å²) in [5.41, 5.74) is 1.25. The number of hydrogen-bond acceptors (Lipinski definition) is 2. The predicted molar refractivity (Wildman–Crippen MR) is 66.8 cm³/mol. The van der Waals surface area contributed by atoms with Gasteiger partial charge in [0.25, 0.3) is 0 Å². The van der Waals surface area contributed by atoms with Crippen molar-refractivity contribution in [2.24, 2.45) is 5.92 Å². The van der Waals surface area contributed by atoms with Gasteiger partial charge < -0.3 is 5.11 Å². The third-order valence-electron chi connectivity index (χ3n) is 3.90. The van der Waals surface area contributed by atoms with Gasteiger partial charge in [-0.25, -0.2) is 0 Å². The zero-order valence-corrected chi connectivity index (χ0v) is 10.3. The minimum atomic E-state index is -0.666. The second-order valence-corrected chi connectivity index (χ2v) is 4.80. The Bertz CT molecular complexity index is 390. The molecular formula is C14H19NO2. The fraction of sp³-hybridized carbons (Fsp3) is 0.500. The van der Waals surface area contributed by atoms with Crippen LogP contribution in [-0.2, 0) is 4.79 Å². The number of nitrogens with zero attached hydrogens (tertiary/aromatic N) is 1. The lowest BCUT2D eigenvalue weighted by Gasteiger charge is -2.29. The summed E-state index contributed by atoms with van der Waals surface area (Å²) in [4.78, 5) is 13.4. The monoisotopic (exact) mass is 233 g/mol. The molecule has 0 radical (unpaired) electrons. The molecule has 1 heterocycles. The van der Waals surface area contributed by atoms with Gasteiger partial charge in [0.15, 0.2) is 0 Å². The van der Waals surface area contributed by atoms with E-state index >= 15 is 0 Å². The van der Waals surface area contributed by atoms with E-state index in [2.05, 4.69) is 24.0 Å². The standard InChI is InChI=1S/C14H19NO2/c1-10(12-6-4-3-5-7-12)15-9-8-13(11(15)2)14(16)17/h3-7,10-11,13H,8-9H2,1-2H3,(H,16,17)/t10-,11-,13-/m1/s1. The lowest BCUT2D eigenvalue weighted by Crippen LogP contribution is -2.34. The zero-order valence-electron chi connectivity index (χ0n) is 10.3. The molecule has 0 aromatic heterocycles. The summed E-state index contributed by atoms with van der Waals surface area (Å²) in [5, 5.41) is 9.13. The molecule has 0 aliphatic carbocycles. The first-order valence-corrected chi connectivity index (χ1v) is 6.14. The molecule has 2 rings (SSSR count). The van der Waals surface area contributed by atoms with Crippen molar-refractivity contribution < 1.29 is 9.90 Å². The largest absolute Gasteiger partial charge is 0.481 e. The Morgan fingerprint density at radius 2 is 2.06 bits per heavy atom. The summed E-state index contributed by atoms with van der Waals surface area (Å²) in [6.45, 7) is 5.04. The molecule has 1 N–H and O–H groups in total. The molecule has 1 aliphatic rings. The molecule has 0 saturated carbocycles. The van der Waals surface area contributed by atoms with Crippen LogP contribution in [0.2, 0.25) is 0 Å². The van der Waals surface area contributed by atoms with Gasteiger partial charge in [0.1, 0.15) is 0 Å². The van der Waals surface area contributed by atoms with Gasteiger partial charge in [0.05, 0.1) is 5.92 Å². The van der Waals surface area contributed by atoms with Crippen LogP contribution in [0, 0.1) is 5.92 Å². The third kappa shape index (κ3) is 2.34. The molecule has 1 fully saturated rings. The van der Waals surface area contributed by atoms with E-state index in [1.165, 1.54) is 5.56 Å². The first-order chi connectivity index (χ1) is 8.11. The van der Waals surface area contributed by atoms with Crippen LogP contribution < -0.4 is 0 Å². The molecule has 3 heteroatoms. The van der Waals surface area contributed by atoms with E-state index in [9.17, 15) is 4.79 Å². The molecule has 17 heavy (non-hydrogen) atoms. The molecule has 1 aliphatic heterocycles. The van der Waals surface area contributed by atoms with Crippen LogP contribution in [0.15, 0.2) is 30.3 Å². The normalized spacial score (nSPS) is 26.9. The number of carboxylic acid groups (broad SMARTS) is 1. The van der Waals surface area contributed by atoms with Crippen LogP contribution in [0.3, 0.4) is 0 Å². The molecule has 0 amide bonds. The average Bonchev–Trinajstić information content (AvgIpc) is 2.71. The number of likely N-dealkylation sites (tertiary alicyclic amines) is 1. The Balaban J connectivity index is 2.12. The number of benzene rings is 1. The van der Waals surface area contributed by atoms with Crippen LogP contribution in [0.5, 0.6) is 0 Å². The van der Waals surface area contributed by atoms with Crippen LogP contribution in [-0.4, -0.2) is 28.6 Å². The van der Waals surface area contributed by atoms with Crippen LogP contribution in [0.4, 0.5) is 0 Å². The summed E-state index contributed by atoms with van der Waals surface area (Å²) in [7, 11) is 0. The molecule has 0 bridgehead atoms. The van der Waals surface area contributed by atoms with E-state index < -0.39 is 5.97 Å². The number of hydrogen-bond donors (Lipinski definition) is 1. The molecule has 3 atom stereocenters. The van der Waals surface area contributed by atoms with Gasteiger partial charge in [-0.3, -0.25) is 9.69 Å². The van der Waals surface area contributed by atoms with E-state index in [1.54, 1.807) is 0 Å². The molecular weight excluding hydrogens is 214 g/mol. The average molecular weight is 233 g/mol. The second kappa shape index (κ2) is 4.88. The third-order valence-corrected chi connectivity index (χ3v) is 3.90. The Morgan fingerprint density at radius 1 is 1.41 bits per heavy atom. The summed E-state index contributed by atoms with van der Waals surface area (Å²) in [6, 6.07) is 10.7. The van der Waals surface area contributed by atoms with Crippen molar-refractivity contribution in [2.75, 3.05) is 6.54 Å². The summed E-state index contributed by atoms with van der Waals surface area (Å²) in [6.07, 6.45) is 0.758. The fourth-order valence-corrected chi connectivity index (χ4v) is 2.76. The minimum absolute atomic E-state index is 0.114. The van der Waals surface area contributed by atoms with E-state index in [0.29, 0.717) is 0 Å². The highest BCUT2D eigenvalue weighted by atomic mass is 16.4. The van der Waals surface area contributed by atoms with Gasteiger partial charge >= 0.3 is 5.97 Å². The lowest BCUT2D eigenvalue weighted by molar-refractivity contribution is -0.142. The summed E-state index contributed by atoms with van der Waals surface area (Å²) < 4.78 is 0. The maximum Gasteiger partial charge on any atom is 0.308 e. The van der Waals surface area contributed by atoms with Gasteiger partial charge in [-0.2, -0.15) is 0 Å². The van der Waals surface area contributed by atoms with Crippen molar-refractivity contribution in [1.29, 1.82) is 0 Å². The van der Waals surface area contributed by atoms with E-state index in [0.717, 1.165) is 13.0 Å². The quantitative estimate of drug-likeness (QED) is 0.872. The number of carbonyl (C=O) groups is 1. The van der Waals surface area contributed by atoms with Gasteiger partial charge in [-0.1, -0.05) is 30.3 Å². The van der Waals surface area contributed by atoms with Gasteiger partial charge in [-0.05, 0) is 32.4 Å². The van der Waals surface area contributed by atoms with Crippen molar-refractivity contribution in [3.05, 3.63) is 35.9 Å². The second-order valence-electron chi connectivity index (χ2n) is 4.80. The smallest absolute Gasteiger partial charge is 0.308 e. The lowest BCUT2D eigenvalue weighted by atomic mass is 10.0. The Hall–Kier alpha value is -1.35. The highest BCUT2D eigenvalue weighted by Gasteiger charge is 2.37. The van der Waals surface area contributed by atoms with Crippen LogP contribution in [0.1, 0.15) is 31.9 Å². The van der Waals surface area contributed by atoms with E-state index in [-0.39, 0.29) is 18.0 Å². The Kier molecular flexibility index (Phi) is 3.48. The molecule has 1 aromatic carbocycles. The SMILES string of the molecule is C[C@H](c1ccccc1)N1CC[C@@H](C(=O)O)[C@H]1C. The van der Waals surface area contributed by atoms with E-state index in [1.807, 2.05) is 25.1 Å². The number of rotatable bonds is 3. The Labute approximate surface area is 102 Å². The first-order valence-electron chi connectivity index (χ1n) is 6.14. The van der Waals surface area contributed by atoms with Crippen LogP contribution in [0.25, 0.3) is 0 Å². The molecule has 3 nitrogen and oxygen atoms in total. The van der Waals surface area contributed by atoms with E-state index in [4.69, 9.17) is 5.11 Å².